The highest BCUT2D eigenvalue weighted by molar-refractivity contribution is 6.06. The zero-order valence-corrected chi connectivity index (χ0v) is 18.2. The number of Topliss-reactive ketones (excluding diaryl/α,β-unsaturated/α-hetero) is 1. The van der Waals surface area contributed by atoms with Crippen LogP contribution in [0.2, 0.25) is 0 Å². The molecule has 0 radical (unpaired) electrons. The Bertz CT molecular complexity index is 1100. The van der Waals surface area contributed by atoms with Crippen LogP contribution in [0.3, 0.4) is 0 Å². The van der Waals surface area contributed by atoms with E-state index in [0.29, 0.717) is 35.4 Å². The van der Waals surface area contributed by atoms with Gasteiger partial charge in [0.15, 0.2) is 5.78 Å². The minimum absolute atomic E-state index is 0.102. The fourth-order valence-corrected chi connectivity index (χ4v) is 4.60. The van der Waals surface area contributed by atoms with Crippen molar-refractivity contribution in [3.63, 3.8) is 0 Å². The number of hydrogen-bond acceptors (Lipinski definition) is 3. The largest absolute Gasteiger partial charge is 0.416 e. The number of alkyl halides is 3. The van der Waals surface area contributed by atoms with Crippen molar-refractivity contribution in [1.29, 1.82) is 0 Å². The van der Waals surface area contributed by atoms with Crippen LogP contribution in [0.15, 0.2) is 59.8 Å². The molecule has 7 heteroatoms. The third-order valence-corrected chi connectivity index (χ3v) is 6.03. The summed E-state index contributed by atoms with van der Waals surface area (Å²) in [6.07, 6.45) is -3.39. The van der Waals surface area contributed by atoms with Crippen molar-refractivity contribution >= 4 is 23.1 Å². The third-order valence-electron chi connectivity index (χ3n) is 6.03. The van der Waals surface area contributed by atoms with Gasteiger partial charge in [-0.3, -0.25) is 14.5 Å². The predicted octanol–water partition coefficient (Wildman–Crippen LogP) is 6.26. The van der Waals surface area contributed by atoms with E-state index in [1.54, 1.807) is 24.0 Å². The molecule has 1 atom stereocenters. The monoisotopic (exact) mass is 442 g/mol. The number of allylic oxidation sites excluding steroid dienone is 1. The number of nitrogens with zero attached hydrogens (tertiary/aromatic N) is 1. The van der Waals surface area contributed by atoms with Crippen molar-refractivity contribution in [2.75, 3.05) is 10.2 Å². The van der Waals surface area contributed by atoms with Gasteiger partial charge in [0.1, 0.15) is 0 Å². The van der Waals surface area contributed by atoms with Gasteiger partial charge in [0.2, 0.25) is 5.91 Å². The normalized spacial score (nSPS) is 20.2. The summed E-state index contributed by atoms with van der Waals surface area (Å²) in [5, 5.41) is 3.38. The number of anilines is 2. The van der Waals surface area contributed by atoms with Crippen molar-refractivity contribution in [3.05, 3.63) is 70.9 Å². The fourth-order valence-electron chi connectivity index (χ4n) is 4.60. The first-order valence-corrected chi connectivity index (χ1v) is 10.6. The third kappa shape index (κ3) is 3.92. The number of benzene rings is 2. The Labute approximate surface area is 185 Å². The summed E-state index contributed by atoms with van der Waals surface area (Å²) < 4.78 is 39.5. The Balaban J connectivity index is 1.97. The number of fused-ring (bicyclic) bond motifs is 1. The Hall–Kier alpha value is -3.09. The number of para-hydroxylation sites is 2. The first-order chi connectivity index (χ1) is 15.0. The Kier molecular flexibility index (Phi) is 5.39. The number of hydrogen-bond donors (Lipinski definition) is 1. The summed E-state index contributed by atoms with van der Waals surface area (Å²) in [6.45, 7) is 5.75. The van der Waals surface area contributed by atoms with E-state index in [1.165, 1.54) is 12.1 Å². The highest BCUT2D eigenvalue weighted by atomic mass is 19.4. The predicted molar refractivity (Wildman–Crippen MR) is 117 cm³/mol. The highest BCUT2D eigenvalue weighted by Gasteiger charge is 2.43. The number of rotatable bonds is 2. The summed E-state index contributed by atoms with van der Waals surface area (Å²) in [5.41, 5.74) is 1.89. The molecule has 0 bridgehead atoms. The van der Waals surface area contributed by atoms with Gasteiger partial charge in [0.05, 0.1) is 23.0 Å². The van der Waals surface area contributed by atoms with Crippen LogP contribution in [0.1, 0.15) is 57.2 Å². The van der Waals surface area contributed by atoms with E-state index in [9.17, 15) is 22.8 Å². The molecule has 1 aliphatic heterocycles. The molecule has 0 saturated heterocycles. The standard InChI is InChI=1S/C25H25F3N2O2/c1-4-21(32)30-19-8-6-5-7-17(19)29-18-13-24(2,3)14-20(31)22(18)23(30)15-9-11-16(12-10-15)25(26,27)28/h5-12,23,29H,4,13-14H2,1-3H3. The maximum Gasteiger partial charge on any atom is 0.416 e. The molecule has 1 N–H and O–H groups in total. The Morgan fingerprint density at radius 1 is 1.09 bits per heavy atom. The van der Waals surface area contributed by atoms with Crippen molar-refractivity contribution < 1.29 is 22.8 Å². The van der Waals surface area contributed by atoms with E-state index >= 15 is 0 Å². The smallest absolute Gasteiger partial charge is 0.357 e. The second-order valence-corrected chi connectivity index (χ2v) is 9.11. The molecule has 0 saturated carbocycles. The summed E-state index contributed by atoms with van der Waals surface area (Å²) in [6, 6.07) is 11.2. The lowest BCUT2D eigenvalue weighted by atomic mass is 9.73. The van der Waals surface area contributed by atoms with Crippen molar-refractivity contribution in [2.45, 2.75) is 52.3 Å². The number of carbonyl (C=O) groups excluding carboxylic acids is 2. The quantitative estimate of drug-likeness (QED) is 0.597. The molecule has 1 heterocycles. The van der Waals surface area contributed by atoms with Gasteiger partial charge >= 0.3 is 6.18 Å². The first-order valence-electron chi connectivity index (χ1n) is 10.6. The molecule has 2 aromatic carbocycles. The number of nitrogens with one attached hydrogen (secondary N) is 1. The first kappa shape index (κ1) is 22.1. The average molecular weight is 442 g/mol. The molecule has 4 rings (SSSR count). The van der Waals surface area contributed by atoms with Crippen LogP contribution in [0.5, 0.6) is 0 Å². The van der Waals surface area contributed by atoms with Gasteiger partial charge in [-0.25, -0.2) is 0 Å². The van der Waals surface area contributed by atoms with Crippen LogP contribution in [0.4, 0.5) is 24.5 Å². The van der Waals surface area contributed by atoms with Crippen molar-refractivity contribution in [3.8, 4) is 0 Å². The molecule has 0 spiro atoms. The molecule has 1 unspecified atom stereocenters. The van der Waals surface area contributed by atoms with Gasteiger partial charge in [-0.15, -0.1) is 0 Å². The summed E-state index contributed by atoms with van der Waals surface area (Å²) >= 11 is 0. The lowest BCUT2D eigenvalue weighted by Gasteiger charge is -2.37. The minimum atomic E-state index is -4.47. The molecule has 0 aromatic heterocycles. The maximum atomic E-state index is 13.4. The molecule has 2 aromatic rings. The lowest BCUT2D eigenvalue weighted by Crippen LogP contribution is -2.39. The molecule has 0 fully saturated rings. The zero-order valence-electron chi connectivity index (χ0n) is 18.2. The Morgan fingerprint density at radius 2 is 1.75 bits per heavy atom. The van der Waals surface area contributed by atoms with Crippen LogP contribution in [-0.4, -0.2) is 11.7 Å². The van der Waals surface area contributed by atoms with Gasteiger partial charge in [-0.05, 0) is 41.7 Å². The molecular formula is C25H25F3N2O2. The molecule has 2 aliphatic rings. The van der Waals surface area contributed by atoms with E-state index in [0.717, 1.165) is 17.8 Å². The van der Waals surface area contributed by atoms with Gasteiger partial charge in [0, 0.05) is 24.1 Å². The summed E-state index contributed by atoms with van der Waals surface area (Å²) in [4.78, 5) is 28.1. The van der Waals surface area contributed by atoms with Crippen molar-refractivity contribution in [1.82, 2.24) is 0 Å². The molecule has 1 aliphatic carbocycles. The van der Waals surface area contributed by atoms with Gasteiger partial charge in [-0.1, -0.05) is 45.0 Å². The molecular weight excluding hydrogens is 417 g/mol. The van der Waals surface area contributed by atoms with Crippen LogP contribution in [0.25, 0.3) is 0 Å². The van der Waals surface area contributed by atoms with Gasteiger partial charge in [-0.2, -0.15) is 13.2 Å². The maximum absolute atomic E-state index is 13.4. The lowest BCUT2D eigenvalue weighted by molar-refractivity contribution is -0.137. The molecule has 32 heavy (non-hydrogen) atoms. The summed E-state index contributed by atoms with van der Waals surface area (Å²) in [7, 11) is 0. The number of halogens is 3. The van der Waals surface area contributed by atoms with E-state index in [1.807, 2.05) is 26.0 Å². The van der Waals surface area contributed by atoms with Crippen LogP contribution >= 0.6 is 0 Å². The van der Waals surface area contributed by atoms with E-state index in [4.69, 9.17) is 0 Å². The Morgan fingerprint density at radius 3 is 2.38 bits per heavy atom. The molecule has 168 valence electrons. The van der Waals surface area contributed by atoms with Crippen molar-refractivity contribution in [2.24, 2.45) is 5.41 Å². The fraction of sp³-hybridized carbons (Fsp3) is 0.360. The number of amides is 1. The van der Waals surface area contributed by atoms with Crippen LogP contribution in [-0.2, 0) is 15.8 Å². The zero-order chi connectivity index (χ0) is 23.3. The van der Waals surface area contributed by atoms with Crippen LogP contribution < -0.4 is 10.2 Å². The second kappa shape index (κ2) is 7.80. The van der Waals surface area contributed by atoms with Crippen LogP contribution in [0, 0.1) is 5.41 Å². The number of ketones is 1. The minimum Gasteiger partial charge on any atom is -0.357 e. The topological polar surface area (TPSA) is 49.4 Å². The van der Waals surface area contributed by atoms with E-state index in [-0.39, 0.29) is 23.5 Å². The van der Waals surface area contributed by atoms with E-state index < -0.39 is 17.8 Å². The van der Waals surface area contributed by atoms with Gasteiger partial charge in [0.25, 0.3) is 0 Å². The van der Waals surface area contributed by atoms with Gasteiger partial charge < -0.3 is 5.32 Å². The molecule has 4 nitrogen and oxygen atoms in total. The second-order valence-electron chi connectivity index (χ2n) is 9.11. The SMILES string of the molecule is CCC(=O)N1c2ccccc2NC2=C(C(=O)CC(C)(C)C2)C1c1ccc(C(F)(F)F)cc1. The van der Waals surface area contributed by atoms with E-state index in [2.05, 4.69) is 5.32 Å². The summed E-state index contributed by atoms with van der Waals surface area (Å²) in [5.74, 6) is -0.314. The average Bonchev–Trinajstić information content (AvgIpc) is 2.86. The highest BCUT2D eigenvalue weighted by Crippen LogP contribution is 2.48. The number of carbonyl (C=O) groups is 2. The molecule has 1 amide bonds.